The van der Waals surface area contributed by atoms with E-state index in [0.29, 0.717) is 12.1 Å². The summed E-state index contributed by atoms with van der Waals surface area (Å²) < 4.78 is 27.6. The second-order valence-electron chi connectivity index (χ2n) is 5.48. The van der Waals surface area contributed by atoms with Crippen LogP contribution in [0.5, 0.6) is 0 Å². The van der Waals surface area contributed by atoms with Crippen molar-refractivity contribution >= 4 is 33.2 Å². The van der Waals surface area contributed by atoms with Crippen molar-refractivity contribution in [1.29, 1.82) is 0 Å². The molecule has 2 bridgehead atoms. The molecule has 2 saturated heterocycles. The SMILES string of the molecule is O=S(=O)(NC1CC2CCC(C1)N2)c1cccc(Cl)c1Cl. The Morgan fingerprint density at radius 2 is 1.80 bits per heavy atom. The highest BCUT2D eigenvalue weighted by Crippen LogP contribution is 2.31. The first-order valence-electron chi connectivity index (χ1n) is 6.68. The number of rotatable bonds is 3. The molecular weight excluding hydrogens is 319 g/mol. The van der Waals surface area contributed by atoms with E-state index in [9.17, 15) is 8.42 Å². The summed E-state index contributed by atoms with van der Waals surface area (Å²) in [5.74, 6) is 0. The fourth-order valence-corrected chi connectivity index (χ4v) is 5.15. The van der Waals surface area contributed by atoms with Gasteiger partial charge in [-0.3, -0.25) is 0 Å². The van der Waals surface area contributed by atoms with Crippen molar-refractivity contribution in [1.82, 2.24) is 10.0 Å². The molecule has 2 aliphatic heterocycles. The average molecular weight is 335 g/mol. The number of halogens is 2. The Hall–Kier alpha value is -0.330. The fraction of sp³-hybridized carbons (Fsp3) is 0.538. The first kappa shape index (κ1) is 14.6. The molecule has 110 valence electrons. The third kappa shape index (κ3) is 2.83. The maximum Gasteiger partial charge on any atom is 0.242 e. The molecule has 2 aliphatic rings. The van der Waals surface area contributed by atoms with E-state index in [0.717, 1.165) is 25.7 Å². The third-order valence-corrected chi connectivity index (χ3v) is 6.49. The lowest BCUT2D eigenvalue weighted by molar-refractivity contribution is 0.345. The number of nitrogens with one attached hydrogen (secondary N) is 2. The molecule has 2 heterocycles. The largest absolute Gasteiger partial charge is 0.311 e. The summed E-state index contributed by atoms with van der Waals surface area (Å²) in [6.07, 6.45) is 3.91. The van der Waals surface area contributed by atoms with Crippen LogP contribution in [-0.4, -0.2) is 26.5 Å². The molecule has 2 unspecified atom stereocenters. The van der Waals surface area contributed by atoms with E-state index in [4.69, 9.17) is 23.2 Å². The monoisotopic (exact) mass is 334 g/mol. The van der Waals surface area contributed by atoms with Gasteiger partial charge >= 0.3 is 0 Å². The third-order valence-electron chi connectivity index (χ3n) is 4.00. The predicted molar refractivity (Wildman–Crippen MR) is 79.8 cm³/mol. The molecule has 1 aromatic rings. The molecule has 0 spiro atoms. The fourth-order valence-electron chi connectivity index (χ4n) is 3.13. The summed E-state index contributed by atoms with van der Waals surface area (Å²) in [7, 11) is -3.63. The van der Waals surface area contributed by atoms with Crippen LogP contribution in [0, 0.1) is 0 Å². The molecule has 2 atom stereocenters. The zero-order valence-corrected chi connectivity index (χ0v) is 13.1. The first-order chi connectivity index (χ1) is 9.45. The van der Waals surface area contributed by atoms with Crippen molar-refractivity contribution in [2.45, 2.75) is 48.7 Å². The second-order valence-corrected chi connectivity index (χ2v) is 7.95. The predicted octanol–water partition coefficient (Wildman–Crippen LogP) is 2.55. The van der Waals surface area contributed by atoms with Crippen LogP contribution >= 0.6 is 23.2 Å². The topological polar surface area (TPSA) is 58.2 Å². The van der Waals surface area contributed by atoms with Gasteiger partial charge in [-0.1, -0.05) is 29.3 Å². The van der Waals surface area contributed by atoms with Gasteiger partial charge in [0.05, 0.1) is 10.0 Å². The molecule has 0 aromatic heterocycles. The summed E-state index contributed by atoms with van der Waals surface area (Å²) in [6.45, 7) is 0. The maximum absolute atomic E-state index is 12.4. The van der Waals surface area contributed by atoms with E-state index in [1.54, 1.807) is 12.1 Å². The van der Waals surface area contributed by atoms with Crippen LogP contribution in [0.3, 0.4) is 0 Å². The Kier molecular flexibility index (Phi) is 3.99. The molecule has 0 amide bonds. The van der Waals surface area contributed by atoms with Crippen molar-refractivity contribution < 1.29 is 8.42 Å². The molecule has 0 saturated carbocycles. The van der Waals surface area contributed by atoms with Gasteiger partial charge in [-0.2, -0.15) is 0 Å². The standard InChI is InChI=1S/C13H16Cl2N2O2S/c14-11-2-1-3-12(13(11)15)20(18,19)17-10-6-8-4-5-9(7-10)16-8/h1-3,8-10,16-17H,4-7H2. The summed E-state index contributed by atoms with van der Waals surface area (Å²) in [5, 5.41) is 3.82. The van der Waals surface area contributed by atoms with Gasteiger partial charge < -0.3 is 5.32 Å². The number of hydrogen-bond acceptors (Lipinski definition) is 3. The Labute approximate surface area is 128 Å². The molecule has 2 fully saturated rings. The molecule has 1 aromatic carbocycles. The van der Waals surface area contributed by atoms with Crippen LogP contribution in [0.1, 0.15) is 25.7 Å². The van der Waals surface area contributed by atoms with Crippen molar-refractivity contribution in [3.05, 3.63) is 28.2 Å². The summed E-state index contributed by atoms with van der Waals surface area (Å²) in [5.41, 5.74) is 0. The molecular formula is C13H16Cl2N2O2S. The van der Waals surface area contributed by atoms with Crippen LogP contribution in [0.25, 0.3) is 0 Å². The Balaban J connectivity index is 1.80. The van der Waals surface area contributed by atoms with E-state index >= 15 is 0 Å². The highest BCUT2D eigenvalue weighted by atomic mass is 35.5. The summed E-state index contributed by atoms with van der Waals surface area (Å²) in [6, 6.07) is 5.47. The van der Waals surface area contributed by atoms with Gasteiger partial charge in [0.2, 0.25) is 10.0 Å². The Morgan fingerprint density at radius 1 is 1.15 bits per heavy atom. The van der Waals surface area contributed by atoms with Crippen LogP contribution in [0.15, 0.2) is 23.1 Å². The number of piperidine rings is 1. The lowest BCUT2D eigenvalue weighted by atomic mass is 10.0. The maximum atomic E-state index is 12.4. The van der Waals surface area contributed by atoms with Gasteiger partial charge in [0.15, 0.2) is 0 Å². The lowest BCUT2D eigenvalue weighted by Crippen LogP contribution is -2.47. The van der Waals surface area contributed by atoms with E-state index in [2.05, 4.69) is 10.0 Å². The van der Waals surface area contributed by atoms with Crippen molar-refractivity contribution in [2.24, 2.45) is 0 Å². The van der Waals surface area contributed by atoms with Gasteiger partial charge in [-0.05, 0) is 37.8 Å². The van der Waals surface area contributed by atoms with E-state index in [1.807, 2.05) is 0 Å². The van der Waals surface area contributed by atoms with E-state index in [1.165, 1.54) is 6.07 Å². The number of benzene rings is 1. The molecule has 7 heteroatoms. The van der Waals surface area contributed by atoms with Crippen molar-refractivity contribution in [3.8, 4) is 0 Å². The zero-order chi connectivity index (χ0) is 14.3. The van der Waals surface area contributed by atoms with Gasteiger partial charge in [0.25, 0.3) is 0 Å². The van der Waals surface area contributed by atoms with Gasteiger partial charge in [-0.25, -0.2) is 13.1 Å². The normalized spacial score (nSPS) is 29.6. The molecule has 3 rings (SSSR count). The van der Waals surface area contributed by atoms with E-state index in [-0.39, 0.29) is 21.0 Å². The minimum Gasteiger partial charge on any atom is -0.311 e. The molecule has 20 heavy (non-hydrogen) atoms. The van der Waals surface area contributed by atoms with E-state index < -0.39 is 10.0 Å². The van der Waals surface area contributed by atoms with Crippen LogP contribution < -0.4 is 10.0 Å². The second kappa shape index (κ2) is 5.46. The summed E-state index contributed by atoms with van der Waals surface area (Å²) in [4.78, 5) is 0.0533. The molecule has 2 N–H and O–H groups in total. The molecule has 4 nitrogen and oxygen atoms in total. The lowest BCUT2D eigenvalue weighted by Gasteiger charge is -2.29. The highest BCUT2D eigenvalue weighted by molar-refractivity contribution is 7.89. The first-order valence-corrected chi connectivity index (χ1v) is 8.92. The van der Waals surface area contributed by atoms with Crippen LogP contribution in [0.2, 0.25) is 10.0 Å². The van der Waals surface area contributed by atoms with Gasteiger partial charge in [0.1, 0.15) is 4.90 Å². The number of fused-ring (bicyclic) bond motifs is 2. The minimum absolute atomic E-state index is 0.0335. The van der Waals surface area contributed by atoms with Crippen LogP contribution in [-0.2, 0) is 10.0 Å². The smallest absolute Gasteiger partial charge is 0.242 e. The zero-order valence-electron chi connectivity index (χ0n) is 10.8. The Bertz CT molecular complexity index is 609. The van der Waals surface area contributed by atoms with Gasteiger partial charge in [-0.15, -0.1) is 0 Å². The van der Waals surface area contributed by atoms with Crippen molar-refractivity contribution in [3.63, 3.8) is 0 Å². The average Bonchev–Trinajstić information content (AvgIpc) is 2.71. The minimum atomic E-state index is -3.63. The van der Waals surface area contributed by atoms with Gasteiger partial charge in [0, 0.05) is 18.1 Å². The van der Waals surface area contributed by atoms with Crippen molar-refractivity contribution in [2.75, 3.05) is 0 Å². The van der Waals surface area contributed by atoms with Crippen LogP contribution in [0.4, 0.5) is 0 Å². The highest BCUT2D eigenvalue weighted by Gasteiger charge is 2.35. The molecule has 0 radical (unpaired) electrons. The molecule has 0 aliphatic carbocycles. The Morgan fingerprint density at radius 3 is 2.45 bits per heavy atom. The quantitative estimate of drug-likeness (QED) is 0.893. The summed E-state index contributed by atoms with van der Waals surface area (Å²) >= 11 is 11.9. The number of hydrogen-bond donors (Lipinski definition) is 2. The number of sulfonamides is 1.